The number of nitrogens with one attached hydrogen (secondary N) is 1. The third-order valence-corrected chi connectivity index (χ3v) is 5.16. The summed E-state index contributed by atoms with van der Waals surface area (Å²) in [7, 11) is -3.03. The summed E-state index contributed by atoms with van der Waals surface area (Å²) < 4.78 is 22.6. The van der Waals surface area contributed by atoms with Crippen molar-refractivity contribution in [2.75, 3.05) is 16.8 Å². The SMILES string of the molecule is O=C(CC1CCS(=O)(=O)C1)Nc1ccc(C(=O)O)cc1O. The molecule has 114 valence electrons. The van der Waals surface area contributed by atoms with E-state index in [0.29, 0.717) is 6.42 Å². The lowest BCUT2D eigenvalue weighted by Crippen LogP contribution is -2.17. The van der Waals surface area contributed by atoms with Gasteiger partial charge in [0.2, 0.25) is 5.91 Å². The Kier molecular flexibility index (Phi) is 4.17. The predicted molar refractivity (Wildman–Crippen MR) is 75.1 cm³/mol. The Morgan fingerprint density at radius 2 is 2.05 bits per heavy atom. The van der Waals surface area contributed by atoms with Crippen LogP contribution in [-0.4, -0.2) is 42.0 Å². The molecule has 21 heavy (non-hydrogen) atoms. The number of aromatic carboxylic acids is 1. The molecule has 1 aromatic carbocycles. The highest BCUT2D eigenvalue weighted by Crippen LogP contribution is 2.26. The van der Waals surface area contributed by atoms with Crippen LogP contribution in [0.3, 0.4) is 0 Å². The van der Waals surface area contributed by atoms with E-state index in [9.17, 15) is 23.1 Å². The number of carbonyl (C=O) groups excluding carboxylic acids is 1. The number of carboxylic acid groups (broad SMARTS) is 1. The maximum atomic E-state index is 11.8. The van der Waals surface area contributed by atoms with Crippen molar-refractivity contribution in [3.63, 3.8) is 0 Å². The van der Waals surface area contributed by atoms with Crippen LogP contribution in [0.25, 0.3) is 0 Å². The number of sulfone groups is 1. The lowest BCUT2D eigenvalue weighted by molar-refractivity contribution is -0.116. The summed E-state index contributed by atoms with van der Waals surface area (Å²) in [5.74, 6) is -2.04. The molecule has 0 spiro atoms. The van der Waals surface area contributed by atoms with Crippen molar-refractivity contribution < 1.29 is 28.2 Å². The number of phenolic OH excluding ortho intramolecular Hbond substituents is 1. The van der Waals surface area contributed by atoms with Crippen LogP contribution in [-0.2, 0) is 14.6 Å². The summed E-state index contributed by atoms with van der Waals surface area (Å²) in [5, 5.41) is 20.9. The minimum absolute atomic E-state index is 0.00432. The monoisotopic (exact) mass is 313 g/mol. The number of carboxylic acids is 1. The van der Waals surface area contributed by atoms with Crippen LogP contribution in [0, 0.1) is 5.92 Å². The quantitative estimate of drug-likeness (QED) is 0.709. The lowest BCUT2D eigenvalue weighted by atomic mass is 10.0. The minimum atomic E-state index is -3.03. The summed E-state index contributed by atoms with van der Waals surface area (Å²) in [5.41, 5.74) is 0.0123. The molecule has 0 aliphatic carbocycles. The maximum Gasteiger partial charge on any atom is 0.335 e. The van der Waals surface area contributed by atoms with E-state index in [0.717, 1.165) is 6.07 Å². The van der Waals surface area contributed by atoms with Gasteiger partial charge in [-0.3, -0.25) is 4.79 Å². The van der Waals surface area contributed by atoms with Gasteiger partial charge in [0.05, 0.1) is 22.8 Å². The number of hydrogen-bond donors (Lipinski definition) is 3. The summed E-state index contributed by atoms with van der Waals surface area (Å²) in [6.07, 6.45) is 0.513. The number of rotatable bonds is 4. The third kappa shape index (κ3) is 3.94. The molecule has 1 amide bonds. The second-order valence-corrected chi connectivity index (χ2v) is 7.29. The van der Waals surface area contributed by atoms with Crippen molar-refractivity contribution in [2.24, 2.45) is 5.92 Å². The highest BCUT2D eigenvalue weighted by molar-refractivity contribution is 7.91. The smallest absolute Gasteiger partial charge is 0.335 e. The number of anilines is 1. The zero-order valence-electron chi connectivity index (χ0n) is 11.1. The van der Waals surface area contributed by atoms with Crippen LogP contribution in [0.4, 0.5) is 5.69 Å². The molecule has 0 saturated carbocycles. The molecule has 1 aliphatic heterocycles. The van der Waals surface area contributed by atoms with Gasteiger partial charge in [0, 0.05) is 6.42 Å². The highest BCUT2D eigenvalue weighted by Gasteiger charge is 2.29. The van der Waals surface area contributed by atoms with Gasteiger partial charge in [-0.15, -0.1) is 0 Å². The molecule has 0 aromatic heterocycles. The highest BCUT2D eigenvalue weighted by atomic mass is 32.2. The molecule has 1 aliphatic rings. The molecule has 0 bridgehead atoms. The molecular formula is C13H15NO6S. The van der Waals surface area contributed by atoms with Gasteiger partial charge in [-0.1, -0.05) is 0 Å². The van der Waals surface area contributed by atoms with E-state index in [1.165, 1.54) is 12.1 Å². The van der Waals surface area contributed by atoms with Crippen LogP contribution >= 0.6 is 0 Å². The van der Waals surface area contributed by atoms with Gasteiger partial charge in [-0.05, 0) is 30.5 Å². The van der Waals surface area contributed by atoms with Crippen molar-refractivity contribution >= 4 is 27.4 Å². The molecule has 0 radical (unpaired) electrons. The van der Waals surface area contributed by atoms with E-state index >= 15 is 0 Å². The van der Waals surface area contributed by atoms with Crippen LogP contribution in [0.2, 0.25) is 0 Å². The van der Waals surface area contributed by atoms with Gasteiger partial charge in [0.25, 0.3) is 0 Å². The molecule has 1 fully saturated rings. The average Bonchev–Trinajstić information content (AvgIpc) is 2.70. The molecule has 1 heterocycles. The average molecular weight is 313 g/mol. The van der Waals surface area contributed by atoms with Crippen LogP contribution in [0.1, 0.15) is 23.2 Å². The molecule has 7 nitrogen and oxygen atoms in total. The zero-order chi connectivity index (χ0) is 15.6. The molecule has 1 saturated heterocycles. The van der Waals surface area contributed by atoms with Gasteiger partial charge < -0.3 is 15.5 Å². The molecular weight excluding hydrogens is 298 g/mol. The van der Waals surface area contributed by atoms with Gasteiger partial charge in [-0.25, -0.2) is 13.2 Å². The molecule has 1 atom stereocenters. The molecule has 2 rings (SSSR count). The second-order valence-electron chi connectivity index (χ2n) is 5.06. The standard InChI is InChI=1S/C13H15NO6S/c15-11-6-9(13(17)18)1-2-10(11)14-12(16)5-8-3-4-21(19,20)7-8/h1-2,6,8,15H,3-5,7H2,(H,14,16)(H,17,18). The molecule has 8 heteroatoms. The van der Waals surface area contributed by atoms with E-state index in [-0.39, 0.29) is 40.8 Å². The van der Waals surface area contributed by atoms with Crippen molar-refractivity contribution in [1.82, 2.24) is 0 Å². The Balaban J connectivity index is 1.98. The number of amides is 1. The Labute approximate surface area is 121 Å². The third-order valence-electron chi connectivity index (χ3n) is 3.32. The topological polar surface area (TPSA) is 121 Å². The predicted octanol–water partition coefficient (Wildman–Crippen LogP) is 0.854. The number of aromatic hydroxyl groups is 1. The normalized spacial score (nSPS) is 20.1. The first-order valence-electron chi connectivity index (χ1n) is 6.33. The number of phenols is 1. The summed E-state index contributed by atoms with van der Waals surface area (Å²) in [4.78, 5) is 22.5. The van der Waals surface area contributed by atoms with Gasteiger partial charge >= 0.3 is 5.97 Å². The second kappa shape index (κ2) is 5.72. The first kappa shape index (κ1) is 15.3. The Morgan fingerprint density at radius 1 is 1.33 bits per heavy atom. The number of hydrogen-bond acceptors (Lipinski definition) is 5. The zero-order valence-corrected chi connectivity index (χ0v) is 11.9. The van der Waals surface area contributed by atoms with Crippen LogP contribution < -0.4 is 5.32 Å². The Hall–Kier alpha value is -2.09. The summed E-state index contributed by atoms with van der Waals surface area (Å²) >= 11 is 0. The Bertz CT molecular complexity index is 682. The van der Waals surface area contributed by atoms with E-state index < -0.39 is 21.7 Å². The van der Waals surface area contributed by atoms with Crippen LogP contribution in [0.5, 0.6) is 5.75 Å². The summed E-state index contributed by atoms with van der Waals surface area (Å²) in [6.45, 7) is 0. The van der Waals surface area contributed by atoms with Gasteiger partial charge in [0.15, 0.2) is 9.84 Å². The Morgan fingerprint density at radius 3 is 2.57 bits per heavy atom. The fourth-order valence-corrected chi connectivity index (χ4v) is 4.13. The van der Waals surface area contributed by atoms with E-state index in [4.69, 9.17) is 5.11 Å². The lowest BCUT2D eigenvalue weighted by Gasteiger charge is -2.10. The number of carbonyl (C=O) groups is 2. The van der Waals surface area contributed by atoms with Gasteiger partial charge in [0.1, 0.15) is 5.75 Å². The van der Waals surface area contributed by atoms with Crippen molar-refractivity contribution in [3.05, 3.63) is 23.8 Å². The first-order chi connectivity index (χ1) is 9.77. The fourth-order valence-electron chi connectivity index (χ4n) is 2.27. The van der Waals surface area contributed by atoms with Crippen molar-refractivity contribution in [3.8, 4) is 5.75 Å². The first-order valence-corrected chi connectivity index (χ1v) is 8.15. The molecule has 1 unspecified atom stereocenters. The van der Waals surface area contributed by atoms with Gasteiger partial charge in [-0.2, -0.15) is 0 Å². The molecule has 1 aromatic rings. The molecule has 3 N–H and O–H groups in total. The van der Waals surface area contributed by atoms with Crippen molar-refractivity contribution in [1.29, 1.82) is 0 Å². The largest absolute Gasteiger partial charge is 0.506 e. The maximum absolute atomic E-state index is 11.8. The van der Waals surface area contributed by atoms with Crippen LogP contribution in [0.15, 0.2) is 18.2 Å². The fraction of sp³-hybridized carbons (Fsp3) is 0.385. The van der Waals surface area contributed by atoms with E-state index in [1.54, 1.807) is 0 Å². The van der Waals surface area contributed by atoms with Crippen molar-refractivity contribution in [2.45, 2.75) is 12.8 Å². The number of benzene rings is 1. The summed E-state index contributed by atoms with van der Waals surface area (Å²) in [6, 6.07) is 3.59. The minimum Gasteiger partial charge on any atom is -0.506 e. The van der Waals surface area contributed by atoms with E-state index in [2.05, 4.69) is 5.32 Å². The van der Waals surface area contributed by atoms with E-state index in [1.807, 2.05) is 0 Å².